The third-order valence-electron chi connectivity index (χ3n) is 5.15. The van der Waals surface area contributed by atoms with E-state index in [-0.39, 0.29) is 5.91 Å². The summed E-state index contributed by atoms with van der Waals surface area (Å²) in [6.07, 6.45) is 6.10. The lowest BCUT2D eigenvalue weighted by Gasteiger charge is -2.24. The van der Waals surface area contributed by atoms with E-state index in [0.717, 1.165) is 38.0 Å². The molecular weight excluding hydrogens is 262 g/mol. The molecule has 1 aromatic rings. The topological polar surface area (TPSA) is 45.2 Å². The fraction of sp³-hybridized carbons (Fsp3) is 0.647. The average Bonchev–Trinajstić information content (AvgIpc) is 2.91. The minimum Gasteiger partial charge on any atom is -0.356 e. The van der Waals surface area contributed by atoms with Crippen LogP contribution in [0, 0.1) is 11.8 Å². The molecule has 1 saturated carbocycles. The van der Waals surface area contributed by atoms with Gasteiger partial charge in [-0.15, -0.1) is 0 Å². The van der Waals surface area contributed by atoms with Crippen molar-refractivity contribution < 1.29 is 4.79 Å². The molecule has 0 spiro atoms. The maximum Gasteiger partial charge on any atom is 0.220 e. The van der Waals surface area contributed by atoms with Crippen LogP contribution in [0.2, 0.25) is 0 Å². The third kappa shape index (κ3) is 3.26. The summed E-state index contributed by atoms with van der Waals surface area (Å²) < 4.78 is 0. The molecule has 0 unspecified atom stereocenters. The zero-order valence-electron chi connectivity index (χ0n) is 13.0. The van der Waals surface area contributed by atoms with Crippen molar-refractivity contribution in [1.82, 2.24) is 15.2 Å². The van der Waals surface area contributed by atoms with Crippen molar-refractivity contribution in [2.24, 2.45) is 11.8 Å². The van der Waals surface area contributed by atoms with E-state index in [2.05, 4.69) is 41.3 Å². The number of hydrogen-bond donors (Lipinski definition) is 1. The number of aryl methyl sites for hydroxylation is 1. The number of amides is 1. The molecule has 114 valence electrons. The van der Waals surface area contributed by atoms with Gasteiger partial charge < -0.3 is 5.32 Å². The SMILES string of the molecule is CCc1ccc(CN(C)[C@H]2C[C@H]3CNC(=O)C[C@H]3C2)nc1. The summed E-state index contributed by atoms with van der Waals surface area (Å²) >= 11 is 0. The number of hydrogen-bond acceptors (Lipinski definition) is 3. The van der Waals surface area contributed by atoms with Gasteiger partial charge in [-0.1, -0.05) is 13.0 Å². The van der Waals surface area contributed by atoms with Crippen molar-refractivity contribution in [1.29, 1.82) is 0 Å². The van der Waals surface area contributed by atoms with Crippen molar-refractivity contribution in [3.05, 3.63) is 29.6 Å². The molecule has 4 heteroatoms. The highest BCUT2D eigenvalue weighted by Crippen LogP contribution is 2.38. The number of aromatic nitrogens is 1. The normalized spacial score (nSPS) is 28.5. The van der Waals surface area contributed by atoms with E-state index in [4.69, 9.17) is 0 Å². The number of nitrogens with one attached hydrogen (secondary N) is 1. The molecule has 2 aliphatic rings. The average molecular weight is 287 g/mol. The number of nitrogens with zero attached hydrogens (tertiary/aromatic N) is 2. The van der Waals surface area contributed by atoms with Gasteiger partial charge in [0.1, 0.15) is 0 Å². The van der Waals surface area contributed by atoms with Crippen LogP contribution in [-0.2, 0) is 17.8 Å². The number of pyridine rings is 1. The van der Waals surface area contributed by atoms with Gasteiger partial charge in [-0.05, 0) is 49.8 Å². The van der Waals surface area contributed by atoms with Gasteiger partial charge in [-0.25, -0.2) is 0 Å². The second kappa shape index (κ2) is 6.14. The van der Waals surface area contributed by atoms with Gasteiger partial charge in [0.05, 0.1) is 5.69 Å². The van der Waals surface area contributed by atoms with E-state index in [1.807, 2.05) is 6.20 Å². The first-order chi connectivity index (χ1) is 10.2. The molecule has 3 rings (SSSR count). The number of piperidine rings is 1. The molecule has 0 radical (unpaired) electrons. The molecule has 1 aromatic heterocycles. The molecule has 1 N–H and O–H groups in total. The van der Waals surface area contributed by atoms with Crippen molar-refractivity contribution in [2.75, 3.05) is 13.6 Å². The van der Waals surface area contributed by atoms with Crippen LogP contribution in [-0.4, -0.2) is 35.4 Å². The van der Waals surface area contributed by atoms with Gasteiger partial charge in [0.15, 0.2) is 0 Å². The van der Waals surface area contributed by atoms with Crippen molar-refractivity contribution >= 4 is 5.91 Å². The number of carbonyl (C=O) groups excluding carboxylic acids is 1. The van der Waals surface area contributed by atoms with E-state index < -0.39 is 0 Å². The Hall–Kier alpha value is -1.42. The predicted octanol–water partition coefficient (Wildman–Crippen LogP) is 1.99. The van der Waals surface area contributed by atoms with Gasteiger partial charge in [0, 0.05) is 31.7 Å². The van der Waals surface area contributed by atoms with Crippen LogP contribution in [0.15, 0.2) is 18.3 Å². The molecule has 1 amide bonds. The standard InChI is InChI=1S/C17H25N3O/c1-3-12-4-5-15(18-9-12)11-20(2)16-6-13-8-17(21)19-10-14(13)7-16/h4-5,9,13-14,16H,3,6-8,10-11H2,1-2H3,(H,19,21)/t13-,14+,16-/m1/s1. The fourth-order valence-corrected chi connectivity index (χ4v) is 3.74. The minimum absolute atomic E-state index is 0.233. The van der Waals surface area contributed by atoms with Crippen molar-refractivity contribution in [2.45, 2.75) is 45.2 Å². The molecular formula is C17H25N3O. The van der Waals surface area contributed by atoms with Crippen molar-refractivity contribution in [3.8, 4) is 0 Å². The highest BCUT2D eigenvalue weighted by atomic mass is 16.1. The third-order valence-corrected chi connectivity index (χ3v) is 5.15. The summed E-state index contributed by atoms with van der Waals surface area (Å²) in [5.41, 5.74) is 2.43. The van der Waals surface area contributed by atoms with Crippen LogP contribution in [0.25, 0.3) is 0 Å². The smallest absolute Gasteiger partial charge is 0.220 e. The van der Waals surface area contributed by atoms with Crippen molar-refractivity contribution in [3.63, 3.8) is 0 Å². The minimum atomic E-state index is 0.233. The van der Waals surface area contributed by atoms with Gasteiger partial charge in [-0.2, -0.15) is 0 Å². The van der Waals surface area contributed by atoms with Crippen LogP contribution >= 0.6 is 0 Å². The fourth-order valence-electron chi connectivity index (χ4n) is 3.74. The summed E-state index contributed by atoms with van der Waals surface area (Å²) in [4.78, 5) is 18.5. The summed E-state index contributed by atoms with van der Waals surface area (Å²) in [6.45, 7) is 3.92. The molecule has 2 fully saturated rings. The first-order valence-electron chi connectivity index (χ1n) is 8.06. The van der Waals surface area contributed by atoms with Crippen LogP contribution in [0.1, 0.15) is 37.4 Å². The summed E-state index contributed by atoms with van der Waals surface area (Å²) in [6, 6.07) is 4.90. The van der Waals surface area contributed by atoms with Crippen LogP contribution in [0.5, 0.6) is 0 Å². The maximum absolute atomic E-state index is 11.5. The second-order valence-corrected chi connectivity index (χ2v) is 6.58. The lowest BCUT2D eigenvalue weighted by molar-refractivity contribution is -0.124. The molecule has 0 bridgehead atoms. The Bertz CT molecular complexity index is 499. The van der Waals surface area contributed by atoms with Gasteiger partial charge in [-0.3, -0.25) is 14.7 Å². The lowest BCUT2D eigenvalue weighted by atomic mass is 9.89. The Labute approximate surface area is 126 Å². The summed E-state index contributed by atoms with van der Waals surface area (Å²) in [7, 11) is 2.19. The van der Waals surface area contributed by atoms with E-state index >= 15 is 0 Å². The molecule has 0 aromatic carbocycles. The Kier molecular flexibility index (Phi) is 4.24. The van der Waals surface area contributed by atoms with E-state index in [1.54, 1.807) is 0 Å². The van der Waals surface area contributed by atoms with Crippen LogP contribution < -0.4 is 5.32 Å². The largest absolute Gasteiger partial charge is 0.356 e. The van der Waals surface area contributed by atoms with E-state index in [9.17, 15) is 4.79 Å². The molecule has 1 aliphatic heterocycles. The predicted molar refractivity (Wildman–Crippen MR) is 82.7 cm³/mol. The number of fused-ring (bicyclic) bond motifs is 1. The Morgan fingerprint density at radius 2 is 2.14 bits per heavy atom. The quantitative estimate of drug-likeness (QED) is 0.921. The molecule has 1 aliphatic carbocycles. The molecule has 21 heavy (non-hydrogen) atoms. The number of rotatable bonds is 4. The molecule has 4 nitrogen and oxygen atoms in total. The lowest BCUT2D eigenvalue weighted by Crippen LogP contribution is -2.38. The summed E-state index contributed by atoms with van der Waals surface area (Å²) in [5, 5.41) is 3.01. The monoisotopic (exact) mass is 287 g/mol. The first-order valence-corrected chi connectivity index (χ1v) is 8.06. The highest BCUT2D eigenvalue weighted by Gasteiger charge is 2.39. The zero-order valence-corrected chi connectivity index (χ0v) is 13.0. The van der Waals surface area contributed by atoms with E-state index in [0.29, 0.717) is 17.9 Å². The highest BCUT2D eigenvalue weighted by molar-refractivity contribution is 5.77. The van der Waals surface area contributed by atoms with Gasteiger partial charge in [0.2, 0.25) is 5.91 Å². The Morgan fingerprint density at radius 1 is 1.33 bits per heavy atom. The Balaban J connectivity index is 1.58. The van der Waals surface area contributed by atoms with Gasteiger partial charge in [0.25, 0.3) is 0 Å². The number of carbonyl (C=O) groups is 1. The summed E-state index contributed by atoms with van der Waals surface area (Å²) in [5.74, 6) is 1.49. The molecule has 3 atom stereocenters. The van der Waals surface area contributed by atoms with Crippen LogP contribution in [0.4, 0.5) is 0 Å². The maximum atomic E-state index is 11.5. The molecule has 1 saturated heterocycles. The van der Waals surface area contributed by atoms with E-state index in [1.165, 1.54) is 12.0 Å². The second-order valence-electron chi connectivity index (χ2n) is 6.58. The van der Waals surface area contributed by atoms with Gasteiger partial charge >= 0.3 is 0 Å². The molecule has 2 heterocycles. The zero-order chi connectivity index (χ0) is 14.8. The Morgan fingerprint density at radius 3 is 2.86 bits per heavy atom. The first kappa shape index (κ1) is 14.5. The van der Waals surface area contributed by atoms with Crippen LogP contribution in [0.3, 0.4) is 0 Å².